The molecule has 3 aromatic rings. The van der Waals surface area contributed by atoms with Gasteiger partial charge in [0, 0.05) is 30.2 Å². The molecule has 1 aliphatic rings. The molecule has 0 saturated carbocycles. The van der Waals surface area contributed by atoms with Crippen molar-refractivity contribution in [2.24, 2.45) is 0 Å². The topological polar surface area (TPSA) is 54.5 Å². The number of amides is 2. The van der Waals surface area contributed by atoms with Crippen LogP contribution in [-0.2, 0) is 0 Å². The molecule has 2 heterocycles. The Labute approximate surface area is 166 Å². The highest BCUT2D eigenvalue weighted by atomic mass is 35.5. The van der Waals surface area contributed by atoms with E-state index in [0.717, 1.165) is 23.1 Å². The fourth-order valence-electron chi connectivity index (χ4n) is 3.14. The van der Waals surface area contributed by atoms with E-state index in [9.17, 15) is 4.79 Å². The fraction of sp³-hybridized carbons (Fsp3) is 0.200. The molecule has 1 saturated heterocycles. The summed E-state index contributed by atoms with van der Waals surface area (Å²) in [7, 11) is 0. The third-order valence-corrected chi connectivity index (χ3v) is 5.23. The lowest BCUT2D eigenvalue weighted by atomic mass is 10.2. The predicted molar refractivity (Wildman–Crippen MR) is 108 cm³/mol. The number of halogens is 2. The Hall–Kier alpha value is -2.50. The van der Waals surface area contributed by atoms with Gasteiger partial charge in [-0.1, -0.05) is 41.4 Å². The zero-order valence-electron chi connectivity index (χ0n) is 14.4. The summed E-state index contributed by atoms with van der Waals surface area (Å²) in [6, 6.07) is 14.6. The Kier molecular flexibility index (Phi) is 5.05. The number of likely N-dealkylation sites (tertiary alicyclic amines) is 1. The Morgan fingerprint density at radius 2 is 2.00 bits per heavy atom. The van der Waals surface area contributed by atoms with Crippen LogP contribution in [-0.4, -0.2) is 35.1 Å². The molecule has 0 aliphatic carbocycles. The molecule has 1 unspecified atom stereocenters. The SMILES string of the molecule is O=C(Nc1ccc(Cl)c(Cl)c1)N1CCC(Oc2cccc3cccnc23)C1. The summed E-state index contributed by atoms with van der Waals surface area (Å²) in [5.41, 5.74) is 1.44. The molecule has 27 heavy (non-hydrogen) atoms. The third-order valence-electron chi connectivity index (χ3n) is 4.49. The smallest absolute Gasteiger partial charge is 0.321 e. The van der Waals surface area contributed by atoms with Crippen LogP contribution in [0.2, 0.25) is 10.0 Å². The molecular weight excluding hydrogens is 385 g/mol. The summed E-state index contributed by atoms with van der Waals surface area (Å²) < 4.78 is 6.13. The number of hydrogen-bond acceptors (Lipinski definition) is 3. The molecule has 5 nitrogen and oxygen atoms in total. The predicted octanol–water partition coefficient (Wildman–Crippen LogP) is 5.23. The number of rotatable bonds is 3. The van der Waals surface area contributed by atoms with E-state index in [1.807, 2.05) is 30.3 Å². The van der Waals surface area contributed by atoms with Gasteiger partial charge in [0.05, 0.1) is 16.6 Å². The van der Waals surface area contributed by atoms with E-state index in [1.54, 1.807) is 29.3 Å². The van der Waals surface area contributed by atoms with Crippen LogP contribution in [0.1, 0.15) is 6.42 Å². The van der Waals surface area contributed by atoms with Crippen LogP contribution in [0.15, 0.2) is 54.7 Å². The summed E-state index contributed by atoms with van der Waals surface area (Å²) >= 11 is 11.9. The Balaban J connectivity index is 1.40. The number of pyridine rings is 1. The molecule has 2 amide bonds. The lowest BCUT2D eigenvalue weighted by Gasteiger charge is -2.18. The number of ether oxygens (including phenoxy) is 1. The Bertz CT molecular complexity index is 991. The summed E-state index contributed by atoms with van der Waals surface area (Å²) in [5.74, 6) is 0.741. The normalized spacial score (nSPS) is 16.5. The number of nitrogens with zero attached hydrogens (tertiary/aromatic N) is 2. The van der Waals surface area contributed by atoms with E-state index < -0.39 is 0 Å². The third kappa shape index (κ3) is 3.94. The highest BCUT2D eigenvalue weighted by Crippen LogP contribution is 2.27. The molecule has 1 atom stereocenters. The van der Waals surface area contributed by atoms with Crippen molar-refractivity contribution in [2.45, 2.75) is 12.5 Å². The maximum atomic E-state index is 12.5. The van der Waals surface area contributed by atoms with Gasteiger partial charge < -0.3 is 15.0 Å². The number of urea groups is 1. The highest BCUT2D eigenvalue weighted by molar-refractivity contribution is 6.42. The molecule has 0 radical (unpaired) electrons. The number of nitrogens with one attached hydrogen (secondary N) is 1. The zero-order valence-corrected chi connectivity index (χ0v) is 15.9. The quantitative estimate of drug-likeness (QED) is 0.653. The molecule has 1 N–H and O–H groups in total. The number of carbonyl (C=O) groups excluding carboxylic acids is 1. The van der Waals surface area contributed by atoms with E-state index in [2.05, 4.69) is 10.3 Å². The van der Waals surface area contributed by atoms with Gasteiger partial charge in [-0.05, 0) is 30.3 Å². The molecular formula is C20H17Cl2N3O2. The maximum Gasteiger partial charge on any atom is 0.321 e. The number of benzene rings is 2. The maximum absolute atomic E-state index is 12.5. The lowest BCUT2D eigenvalue weighted by molar-refractivity contribution is 0.196. The van der Waals surface area contributed by atoms with Crippen molar-refractivity contribution < 1.29 is 9.53 Å². The highest BCUT2D eigenvalue weighted by Gasteiger charge is 2.28. The monoisotopic (exact) mass is 401 g/mol. The molecule has 1 aliphatic heterocycles. The van der Waals surface area contributed by atoms with Crippen LogP contribution in [0.25, 0.3) is 10.9 Å². The van der Waals surface area contributed by atoms with Crippen molar-refractivity contribution in [3.63, 3.8) is 0 Å². The standard InChI is InChI=1S/C20H17Cl2N3O2/c21-16-7-6-14(11-17(16)22)24-20(26)25-10-8-15(12-25)27-18-5-1-3-13-4-2-9-23-19(13)18/h1-7,9,11,15H,8,10,12H2,(H,24,26). The van der Waals surface area contributed by atoms with Gasteiger partial charge in [-0.3, -0.25) is 4.98 Å². The number of aromatic nitrogens is 1. The Morgan fingerprint density at radius 1 is 1.15 bits per heavy atom. The fourth-order valence-corrected chi connectivity index (χ4v) is 3.43. The van der Waals surface area contributed by atoms with Gasteiger partial charge in [-0.2, -0.15) is 0 Å². The molecule has 0 spiro atoms. The molecule has 138 valence electrons. The van der Waals surface area contributed by atoms with Crippen LogP contribution in [0, 0.1) is 0 Å². The summed E-state index contributed by atoms with van der Waals surface area (Å²) in [6.07, 6.45) is 2.44. The van der Waals surface area contributed by atoms with Crippen molar-refractivity contribution in [1.29, 1.82) is 0 Å². The molecule has 4 rings (SSSR count). The second-order valence-corrected chi connectivity index (χ2v) is 7.18. The van der Waals surface area contributed by atoms with Crippen LogP contribution < -0.4 is 10.1 Å². The minimum absolute atomic E-state index is 0.0721. The average molecular weight is 402 g/mol. The second kappa shape index (κ2) is 7.62. The second-order valence-electron chi connectivity index (χ2n) is 6.36. The van der Waals surface area contributed by atoms with Crippen LogP contribution in [0.5, 0.6) is 5.75 Å². The first-order chi connectivity index (χ1) is 13.1. The number of anilines is 1. The van der Waals surface area contributed by atoms with Crippen molar-refractivity contribution in [3.8, 4) is 5.75 Å². The van der Waals surface area contributed by atoms with E-state index in [4.69, 9.17) is 27.9 Å². The molecule has 7 heteroatoms. The van der Waals surface area contributed by atoms with Crippen molar-refractivity contribution in [3.05, 3.63) is 64.8 Å². The van der Waals surface area contributed by atoms with Gasteiger partial charge >= 0.3 is 6.03 Å². The molecule has 1 fully saturated rings. The number of hydrogen-bond donors (Lipinski definition) is 1. The molecule has 2 aromatic carbocycles. The minimum Gasteiger partial charge on any atom is -0.486 e. The van der Waals surface area contributed by atoms with Crippen LogP contribution in [0.4, 0.5) is 10.5 Å². The van der Waals surface area contributed by atoms with Gasteiger partial charge in [0.15, 0.2) is 0 Å². The van der Waals surface area contributed by atoms with E-state index >= 15 is 0 Å². The van der Waals surface area contributed by atoms with Crippen LogP contribution >= 0.6 is 23.2 Å². The van der Waals surface area contributed by atoms with E-state index in [1.165, 1.54) is 0 Å². The van der Waals surface area contributed by atoms with Gasteiger partial charge in [0.25, 0.3) is 0 Å². The van der Waals surface area contributed by atoms with Crippen molar-refractivity contribution in [1.82, 2.24) is 9.88 Å². The summed E-state index contributed by atoms with van der Waals surface area (Å²) in [4.78, 5) is 18.6. The van der Waals surface area contributed by atoms with Gasteiger partial charge in [0.1, 0.15) is 17.4 Å². The zero-order chi connectivity index (χ0) is 18.8. The Morgan fingerprint density at radius 3 is 2.85 bits per heavy atom. The lowest BCUT2D eigenvalue weighted by Crippen LogP contribution is -2.34. The first-order valence-corrected chi connectivity index (χ1v) is 9.37. The summed E-state index contributed by atoms with van der Waals surface area (Å²) in [5, 5.41) is 4.73. The minimum atomic E-state index is -0.185. The first kappa shape index (κ1) is 17.9. The van der Waals surface area contributed by atoms with Crippen LogP contribution in [0.3, 0.4) is 0 Å². The van der Waals surface area contributed by atoms with Crippen molar-refractivity contribution in [2.75, 3.05) is 18.4 Å². The first-order valence-electron chi connectivity index (χ1n) is 8.61. The van der Waals surface area contributed by atoms with Crippen molar-refractivity contribution >= 4 is 45.8 Å². The van der Waals surface area contributed by atoms with Gasteiger partial charge in [0.2, 0.25) is 0 Å². The average Bonchev–Trinajstić information content (AvgIpc) is 3.14. The van der Waals surface area contributed by atoms with Gasteiger partial charge in [-0.15, -0.1) is 0 Å². The largest absolute Gasteiger partial charge is 0.486 e. The molecule has 1 aromatic heterocycles. The van der Waals surface area contributed by atoms with E-state index in [-0.39, 0.29) is 12.1 Å². The number of fused-ring (bicyclic) bond motifs is 1. The number of para-hydroxylation sites is 1. The molecule has 0 bridgehead atoms. The van der Waals surface area contributed by atoms with E-state index in [0.29, 0.717) is 28.8 Å². The number of carbonyl (C=O) groups is 1. The van der Waals surface area contributed by atoms with Gasteiger partial charge in [-0.25, -0.2) is 4.79 Å². The summed E-state index contributed by atoms with van der Waals surface area (Å²) in [6.45, 7) is 1.13.